The minimum absolute atomic E-state index is 0.327. The molecule has 0 saturated carbocycles. The van der Waals surface area contributed by atoms with Crippen LogP contribution in [0.2, 0.25) is 0 Å². The van der Waals surface area contributed by atoms with Crippen molar-refractivity contribution >= 4 is 5.69 Å². The van der Waals surface area contributed by atoms with E-state index in [-0.39, 0.29) is 0 Å². The van der Waals surface area contributed by atoms with Crippen LogP contribution in [0.4, 0.5) is 5.69 Å². The highest BCUT2D eigenvalue weighted by atomic mass is 16.3. The summed E-state index contributed by atoms with van der Waals surface area (Å²) in [5.74, 6) is 0.397. The van der Waals surface area contributed by atoms with Gasteiger partial charge in [-0.15, -0.1) is 0 Å². The van der Waals surface area contributed by atoms with Crippen molar-refractivity contribution in [3.05, 3.63) is 23.8 Å². The molecule has 3 N–H and O–H groups in total. The Kier molecular flexibility index (Phi) is 2.57. The summed E-state index contributed by atoms with van der Waals surface area (Å²) >= 11 is 0. The van der Waals surface area contributed by atoms with Gasteiger partial charge in [0.1, 0.15) is 5.75 Å². The highest BCUT2D eigenvalue weighted by Gasteiger charge is 2.31. The van der Waals surface area contributed by atoms with Crippen LogP contribution in [0.5, 0.6) is 5.75 Å². The first-order chi connectivity index (χ1) is 7.15. The lowest BCUT2D eigenvalue weighted by Gasteiger charge is -2.30. The van der Waals surface area contributed by atoms with E-state index in [4.69, 9.17) is 5.73 Å². The van der Waals surface area contributed by atoms with Gasteiger partial charge in [-0.05, 0) is 32.4 Å². The Morgan fingerprint density at radius 3 is 2.87 bits per heavy atom. The van der Waals surface area contributed by atoms with Gasteiger partial charge in [0.25, 0.3) is 0 Å². The predicted molar refractivity (Wildman–Crippen MR) is 62.3 cm³/mol. The average molecular weight is 206 g/mol. The second-order valence-electron chi connectivity index (χ2n) is 4.37. The molecule has 0 aromatic heterocycles. The van der Waals surface area contributed by atoms with Crippen molar-refractivity contribution < 1.29 is 5.11 Å². The summed E-state index contributed by atoms with van der Waals surface area (Å²) in [5.41, 5.74) is 7.95. The summed E-state index contributed by atoms with van der Waals surface area (Å²) in [6.45, 7) is 4.94. The SMILES string of the molecule is CC(C)N1c2cccc(O)c2CC1CN. The molecule has 15 heavy (non-hydrogen) atoms. The normalized spacial score (nSPS) is 19.7. The van der Waals surface area contributed by atoms with Gasteiger partial charge in [0.2, 0.25) is 0 Å². The van der Waals surface area contributed by atoms with Crippen LogP contribution < -0.4 is 10.6 Å². The molecule has 0 saturated heterocycles. The van der Waals surface area contributed by atoms with Gasteiger partial charge < -0.3 is 15.7 Å². The number of hydrogen-bond donors (Lipinski definition) is 2. The fourth-order valence-electron chi connectivity index (χ4n) is 2.44. The van der Waals surface area contributed by atoms with Crippen LogP contribution in [0.15, 0.2) is 18.2 Å². The zero-order chi connectivity index (χ0) is 11.0. The maximum atomic E-state index is 9.78. The van der Waals surface area contributed by atoms with Gasteiger partial charge in [0.05, 0.1) is 0 Å². The molecular weight excluding hydrogens is 188 g/mol. The van der Waals surface area contributed by atoms with Crippen LogP contribution >= 0.6 is 0 Å². The van der Waals surface area contributed by atoms with E-state index in [2.05, 4.69) is 24.8 Å². The highest BCUT2D eigenvalue weighted by molar-refractivity contribution is 5.64. The Hall–Kier alpha value is -1.22. The molecule has 0 spiro atoms. The molecule has 1 heterocycles. The zero-order valence-electron chi connectivity index (χ0n) is 9.27. The van der Waals surface area contributed by atoms with Gasteiger partial charge in [0, 0.05) is 29.9 Å². The second kappa shape index (κ2) is 3.74. The lowest BCUT2D eigenvalue weighted by molar-refractivity contribution is 0.468. The van der Waals surface area contributed by atoms with Crippen LogP contribution in [0.3, 0.4) is 0 Å². The van der Waals surface area contributed by atoms with Gasteiger partial charge in [-0.2, -0.15) is 0 Å². The number of hydrogen-bond acceptors (Lipinski definition) is 3. The molecule has 0 radical (unpaired) electrons. The quantitative estimate of drug-likeness (QED) is 0.770. The molecule has 0 amide bonds. The first kappa shape index (κ1) is 10.3. The molecule has 1 aliphatic rings. The Morgan fingerprint density at radius 2 is 2.27 bits per heavy atom. The third kappa shape index (κ3) is 1.57. The van der Waals surface area contributed by atoms with Crippen LogP contribution in [0.1, 0.15) is 19.4 Å². The molecule has 0 aliphatic carbocycles. The summed E-state index contributed by atoms with van der Waals surface area (Å²) in [5, 5.41) is 9.78. The van der Waals surface area contributed by atoms with E-state index in [1.54, 1.807) is 6.07 Å². The lowest BCUT2D eigenvalue weighted by Crippen LogP contribution is -2.42. The summed E-state index contributed by atoms with van der Waals surface area (Å²) in [6, 6.07) is 6.44. The van der Waals surface area contributed by atoms with Crippen molar-refractivity contribution in [1.29, 1.82) is 0 Å². The number of nitrogens with two attached hydrogens (primary N) is 1. The topological polar surface area (TPSA) is 49.5 Å². The van der Waals surface area contributed by atoms with Crippen molar-refractivity contribution in [2.75, 3.05) is 11.4 Å². The van der Waals surface area contributed by atoms with Gasteiger partial charge in [0.15, 0.2) is 0 Å². The minimum Gasteiger partial charge on any atom is -0.508 e. The summed E-state index contributed by atoms with van der Waals surface area (Å²) < 4.78 is 0. The molecule has 1 aromatic carbocycles. The summed E-state index contributed by atoms with van der Waals surface area (Å²) in [6.07, 6.45) is 0.858. The number of nitrogens with zero attached hydrogens (tertiary/aromatic N) is 1. The smallest absolute Gasteiger partial charge is 0.120 e. The molecule has 3 nitrogen and oxygen atoms in total. The largest absolute Gasteiger partial charge is 0.508 e. The van der Waals surface area contributed by atoms with Gasteiger partial charge in [-0.1, -0.05) is 6.07 Å². The van der Waals surface area contributed by atoms with Crippen molar-refractivity contribution in [1.82, 2.24) is 0 Å². The highest BCUT2D eigenvalue weighted by Crippen LogP contribution is 2.38. The van der Waals surface area contributed by atoms with Crippen LogP contribution in [0.25, 0.3) is 0 Å². The summed E-state index contributed by atoms with van der Waals surface area (Å²) in [7, 11) is 0. The first-order valence-electron chi connectivity index (χ1n) is 5.44. The van der Waals surface area contributed by atoms with E-state index in [1.165, 1.54) is 0 Å². The van der Waals surface area contributed by atoms with E-state index >= 15 is 0 Å². The van der Waals surface area contributed by atoms with Gasteiger partial charge in [-0.3, -0.25) is 0 Å². The summed E-state index contributed by atoms with van der Waals surface area (Å²) in [4.78, 5) is 2.30. The third-order valence-corrected chi connectivity index (χ3v) is 3.07. The van der Waals surface area contributed by atoms with Gasteiger partial charge >= 0.3 is 0 Å². The lowest BCUT2D eigenvalue weighted by atomic mass is 10.1. The number of aromatic hydroxyl groups is 1. The number of phenols is 1. The molecule has 1 atom stereocenters. The van der Waals surface area contributed by atoms with E-state index < -0.39 is 0 Å². The number of fused-ring (bicyclic) bond motifs is 1. The number of rotatable bonds is 2. The number of anilines is 1. The Bertz CT molecular complexity index is 363. The van der Waals surface area contributed by atoms with Crippen molar-refractivity contribution in [3.63, 3.8) is 0 Å². The van der Waals surface area contributed by atoms with Crippen LogP contribution in [-0.4, -0.2) is 23.7 Å². The van der Waals surface area contributed by atoms with E-state index in [0.717, 1.165) is 17.7 Å². The maximum Gasteiger partial charge on any atom is 0.120 e. The van der Waals surface area contributed by atoms with Gasteiger partial charge in [-0.25, -0.2) is 0 Å². The van der Waals surface area contributed by atoms with Crippen LogP contribution in [-0.2, 0) is 6.42 Å². The fourth-order valence-corrected chi connectivity index (χ4v) is 2.44. The fraction of sp³-hybridized carbons (Fsp3) is 0.500. The molecule has 3 heteroatoms. The Labute approximate surface area is 90.5 Å². The van der Waals surface area contributed by atoms with Crippen molar-refractivity contribution in [2.45, 2.75) is 32.4 Å². The number of benzene rings is 1. The molecule has 1 unspecified atom stereocenters. The molecule has 1 aromatic rings. The molecular formula is C12H18N2O. The predicted octanol–water partition coefficient (Wildman–Crippen LogP) is 1.49. The Morgan fingerprint density at radius 1 is 1.53 bits per heavy atom. The third-order valence-electron chi connectivity index (χ3n) is 3.07. The molecule has 82 valence electrons. The van der Waals surface area contributed by atoms with E-state index in [0.29, 0.717) is 24.4 Å². The zero-order valence-corrected chi connectivity index (χ0v) is 9.27. The Balaban J connectivity index is 2.44. The number of phenolic OH excluding ortho intramolecular Hbond substituents is 1. The molecule has 0 fully saturated rings. The average Bonchev–Trinajstić information content (AvgIpc) is 2.57. The molecule has 0 bridgehead atoms. The van der Waals surface area contributed by atoms with E-state index in [1.807, 2.05) is 6.07 Å². The maximum absolute atomic E-state index is 9.78. The standard InChI is InChI=1S/C12H18N2O/c1-8(2)14-9(7-13)6-10-11(14)4-3-5-12(10)15/h3-5,8-9,15H,6-7,13H2,1-2H3. The second-order valence-corrected chi connectivity index (χ2v) is 4.37. The molecule has 1 aliphatic heterocycles. The monoisotopic (exact) mass is 206 g/mol. The van der Waals surface area contributed by atoms with Crippen molar-refractivity contribution in [2.24, 2.45) is 5.73 Å². The minimum atomic E-state index is 0.327. The molecule has 2 rings (SSSR count). The van der Waals surface area contributed by atoms with E-state index in [9.17, 15) is 5.11 Å². The first-order valence-corrected chi connectivity index (χ1v) is 5.44. The van der Waals surface area contributed by atoms with Crippen LogP contribution in [0, 0.1) is 0 Å². The van der Waals surface area contributed by atoms with Crippen molar-refractivity contribution in [3.8, 4) is 5.75 Å².